The molecular formula is C24H20F2N2OS. The summed E-state index contributed by atoms with van der Waals surface area (Å²) in [5.41, 5.74) is 2.22. The number of nitrogens with zero attached hydrogens (tertiary/aromatic N) is 1. The van der Waals surface area contributed by atoms with E-state index in [1.807, 2.05) is 48.5 Å². The molecule has 4 rings (SSSR count). The summed E-state index contributed by atoms with van der Waals surface area (Å²) in [6, 6.07) is 21.6. The molecule has 0 aliphatic heterocycles. The fourth-order valence-corrected chi connectivity index (χ4v) is 4.12. The van der Waals surface area contributed by atoms with Gasteiger partial charge in [-0.2, -0.15) is 0 Å². The number of aliphatic hydroxyl groups is 1. The van der Waals surface area contributed by atoms with Crippen molar-refractivity contribution in [3.05, 3.63) is 90.0 Å². The van der Waals surface area contributed by atoms with Crippen LogP contribution in [-0.4, -0.2) is 16.7 Å². The van der Waals surface area contributed by atoms with Crippen molar-refractivity contribution >= 4 is 22.2 Å². The summed E-state index contributed by atoms with van der Waals surface area (Å²) in [6.07, 6.45) is 0. The third-order valence-corrected chi connectivity index (χ3v) is 5.85. The predicted molar refractivity (Wildman–Crippen MR) is 118 cm³/mol. The van der Waals surface area contributed by atoms with Gasteiger partial charge in [-0.05, 0) is 42.0 Å². The Bertz CT molecular complexity index is 1140. The molecule has 0 bridgehead atoms. The van der Waals surface area contributed by atoms with Crippen LogP contribution in [0.2, 0.25) is 0 Å². The Hall–Kier alpha value is -3.09. The predicted octanol–water partition coefficient (Wildman–Crippen LogP) is 6.59. The second-order valence-electron chi connectivity index (χ2n) is 7.01. The first-order valence-corrected chi connectivity index (χ1v) is 10.4. The lowest BCUT2D eigenvalue weighted by Crippen LogP contribution is -2.01. The van der Waals surface area contributed by atoms with E-state index in [0.717, 1.165) is 16.3 Å². The average Bonchev–Trinajstić information content (AvgIpc) is 3.21. The Morgan fingerprint density at radius 3 is 2.40 bits per heavy atom. The van der Waals surface area contributed by atoms with Gasteiger partial charge in [0.25, 0.3) is 0 Å². The summed E-state index contributed by atoms with van der Waals surface area (Å²) in [5.74, 6) is -0.949. The summed E-state index contributed by atoms with van der Waals surface area (Å²) in [7, 11) is 0. The SMILES string of the molecule is CC(CO)c1cc(F)c(-c2ccc(Nc3cccc(-c4ccccc4)n3)s2)c(F)c1. The average molecular weight is 423 g/mol. The lowest BCUT2D eigenvalue weighted by molar-refractivity contribution is 0.272. The van der Waals surface area contributed by atoms with Crippen LogP contribution in [0.3, 0.4) is 0 Å². The quantitative estimate of drug-likeness (QED) is 0.368. The number of pyridine rings is 1. The molecule has 30 heavy (non-hydrogen) atoms. The van der Waals surface area contributed by atoms with Crippen LogP contribution in [0.25, 0.3) is 21.7 Å². The summed E-state index contributed by atoms with van der Waals surface area (Å²) in [6.45, 7) is 1.55. The van der Waals surface area contributed by atoms with Crippen LogP contribution < -0.4 is 5.32 Å². The van der Waals surface area contributed by atoms with Crippen molar-refractivity contribution < 1.29 is 13.9 Å². The second-order valence-corrected chi connectivity index (χ2v) is 8.09. The standard InChI is InChI=1S/C24H20F2N2OS/c1-15(14-29)17-12-18(25)24(19(26)13-17)21-10-11-23(30-21)28-22-9-5-8-20(27-22)16-6-3-2-4-7-16/h2-13,15,29H,14H2,1H3,(H,27,28). The zero-order valence-corrected chi connectivity index (χ0v) is 17.1. The van der Waals surface area contributed by atoms with Crippen molar-refractivity contribution in [2.75, 3.05) is 11.9 Å². The van der Waals surface area contributed by atoms with Crippen molar-refractivity contribution in [2.24, 2.45) is 0 Å². The maximum Gasteiger partial charge on any atom is 0.135 e. The number of thiophene rings is 1. The topological polar surface area (TPSA) is 45.1 Å². The lowest BCUT2D eigenvalue weighted by Gasteiger charge is -2.11. The fourth-order valence-electron chi connectivity index (χ4n) is 3.16. The Kier molecular flexibility index (Phi) is 5.88. The minimum Gasteiger partial charge on any atom is -0.396 e. The molecule has 6 heteroatoms. The van der Waals surface area contributed by atoms with Gasteiger partial charge in [0, 0.05) is 23.0 Å². The monoisotopic (exact) mass is 422 g/mol. The number of hydrogen-bond acceptors (Lipinski definition) is 4. The van der Waals surface area contributed by atoms with Crippen LogP contribution >= 0.6 is 11.3 Å². The molecule has 0 spiro atoms. The Morgan fingerprint density at radius 1 is 0.967 bits per heavy atom. The molecule has 2 aromatic carbocycles. The third kappa shape index (κ3) is 4.25. The van der Waals surface area contributed by atoms with E-state index < -0.39 is 11.6 Å². The first-order valence-electron chi connectivity index (χ1n) is 9.54. The number of hydrogen-bond donors (Lipinski definition) is 2. The number of rotatable bonds is 6. The molecule has 0 saturated carbocycles. The molecule has 2 N–H and O–H groups in total. The van der Waals surface area contributed by atoms with Crippen LogP contribution in [-0.2, 0) is 0 Å². The molecule has 0 saturated heterocycles. The molecule has 0 fully saturated rings. The van der Waals surface area contributed by atoms with Crippen LogP contribution in [0, 0.1) is 11.6 Å². The highest BCUT2D eigenvalue weighted by atomic mass is 32.1. The van der Waals surface area contributed by atoms with Gasteiger partial charge in [0.05, 0.1) is 16.3 Å². The molecule has 0 amide bonds. The van der Waals surface area contributed by atoms with Crippen LogP contribution in [0.4, 0.5) is 19.6 Å². The summed E-state index contributed by atoms with van der Waals surface area (Å²) < 4.78 is 29.2. The Morgan fingerprint density at radius 2 is 1.70 bits per heavy atom. The van der Waals surface area contributed by atoms with Crippen LogP contribution in [0.5, 0.6) is 0 Å². The minimum atomic E-state index is -0.636. The van der Waals surface area contributed by atoms with Crippen LogP contribution in [0.15, 0.2) is 72.8 Å². The van der Waals surface area contributed by atoms with E-state index in [1.165, 1.54) is 23.5 Å². The molecule has 2 heterocycles. The second kappa shape index (κ2) is 8.73. The number of nitrogens with one attached hydrogen (secondary N) is 1. The van der Waals surface area contributed by atoms with Crippen molar-refractivity contribution in [1.29, 1.82) is 0 Å². The fraction of sp³-hybridized carbons (Fsp3) is 0.125. The highest BCUT2D eigenvalue weighted by Crippen LogP contribution is 2.37. The zero-order chi connectivity index (χ0) is 21.1. The van der Waals surface area contributed by atoms with Crippen molar-refractivity contribution in [2.45, 2.75) is 12.8 Å². The molecule has 1 atom stereocenters. The van der Waals surface area contributed by atoms with Gasteiger partial charge in [-0.15, -0.1) is 11.3 Å². The zero-order valence-electron chi connectivity index (χ0n) is 16.3. The molecule has 4 aromatic rings. The highest BCUT2D eigenvalue weighted by Gasteiger charge is 2.17. The minimum absolute atomic E-state index is 0.0621. The van der Waals surface area contributed by atoms with E-state index in [2.05, 4.69) is 10.3 Å². The van der Waals surface area contributed by atoms with Gasteiger partial charge < -0.3 is 10.4 Å². The first kappa shape index (κ1) is 20.2. The van der Waals surface area contributed by atoms with E-state index in [9.17, 15) is 13.9 Å². The number of anilines is 2. The molecule has 3 nitrogen and oxygen atoms in total. The van der Waals surface area contributed by atoms with Gasteiger partial charge in [-0.25, -0.2) is 13.8 Å². The molecule has 152 valence electrons. The summed E-state index contributed by atoms with van der Waals surface area (Å²) in [4.78, 5) is 5.10. The molecule has 0 radical (unpaired) electrons. The first-order chi connectivity index (χ1) is 14.5. The number of aromatic nitrogens is 1. The summed E-state index contributed by atoms with van der Waals surface area (Å²) >= 11 is 1.25. The Labute approximate surface area is 177 Å². The molecule has 0 aliphatic carbocycles. The van der Waals surface area contributed by atoms with E-state index in [-0.39, 0.29) is 18.1 Å². The molecule has 2 aromatic heterocycles. The van der Waals surface area contributed by atoms with Gasteiger partial charge in [0.1, 0.15) is 17.5 Å². The third-order valence-electron chi connectivity index (χ3n) is 4.83. The van der Waals surface area contributed by atoms with E-state index in [1.54, 1.807) is 19.1 Å². The van der Waals surface area contributed by atoms with Crippen molar-refractivity contribution in [1.82, 2.24) is 4.98 Å². The number of benzene rings is 2. The lowest BCUT2D eigenvalue weighted by atomic mass is 9.99. The van der Waals surface area contributed by atoms with E-state index >= 15 is 0 Å². The van der Waals surface area contributed by atoms with E-state index in [0.29, 0.717) is 16.3 Å². The maximum atomic E-state index is 14.6. The molecule has 1 unspecified atom stereocenters. The highest BCUT2D eigenvalue weighted by molar-refractivity contribution is 7.19. The smallest absolute Gasteiger partial charge is 0.135 e. The van der Waals surface area contributed by atoms with E-state index in [4.69, 9.17) is 0 Å². The normalized spacial score (nSPS) is 12.0. The molecule has 0 aliphatic rings. The number of aliphatic hydroxyl groups excluding tert-OH is 1. The largest absolute Gasteiger partial charge is 0.396 e. The van der Waals surface area contributed by atoms with Gasteiger partial charge in [0.2, 0.25) is 0 Å². The van der Waals surface area contributed by atoms with Crippen molar-refractivity contribution in [3.63, 3.8) is 0 Å². The van der Waals surface area contributed by atoms with Crippen LogP contribution in [0.1, 0.15) is 18.4 Å². The van der Waals surface area contributed by atoms with Gasteiger partial charge in [0.15, 0.2) is 0 Å². The Balaban J connectivity index is 1.59. The van der Waals surface area contributed by atoms with Gasteiger partial charge in [-0.1, -0.05) is 43.3 Å². The van der Waals surface area contributed by atoms with Crippen molar-refractivity contribution in [3.8, 4) is 21.7 Å². The summed E-state index contributed by atoms with van der Waals surface area (Å²) in [5, 5.41) is 13.2. The maximum absolute atomic E-state index is 14.6. The van der Waals surface area contributed by atoms with Gasteiger partial charge in [-0.3, -0.25) is 0 Å². The molecular weight excluding hydrogens is 402 g/mol. The number of halogens is 2. The van der Waals surface area contributed by atoms with Gasteiger partial charge >= 0.3 is 0 Å².